The first-order valence-corrected chi connectivity index (χ1v) is 6.01. The van der Waals surface area contributed by atoms with Gasteiger partial charge in [-0.15, -0.1) is 0 Å². The predicted molar refractivity (Wildman–Crippen MR) is 66.6 cm³/mol. The molecule has 0 saturated heterocycles. The third kappa shape index (κ3) is 1.94. The van der Waals surface area contributed by atoms with E-state index in [1.807, 2.05) is 6.07 Å². The number of hydrogen-bond donors (Lipinski definition) is 1. The lowest BCUT2D eigenvalue weighted by molar-refractivity contribution is 0.346. The molecule has 1 aromatic rings. The van der Waals surface area contributed by atoms with Gasteiger partial charge in [-0.25, -0.2) is 0 Å². The molecule has 0 fully saturated rings. The van der Waals surface area contributed by atoms with Gasteiger partial charge in [-0.1, -0.05) is 19.9 Å². The highest BCUT2D eigenvalue weighted by Crippen LogP contribution is 2.40. The van der Waals surface area contributed by atoms with Gasteiger partial charge in [0.2, 0.25) is 0 Å². The quantitative estimate of drug-likeness (QED) is 0.848. The Morgan fingerprint density at radius 1 is 1.44 bits per heavy atom. The summed E-state index contributed by atoms with van der Waals surface area (Å²) in [6.07, 6.45) is 3.21. The van der Waals surface area contributed by atoms with E-state index >= 15 is 0 Å². The molecule has 0 amide bonds. The minimum absolute atomic E-state index is 0.141. The fourth-order valence-corrected chi connectivity index (χ4v) is 2.80. The molecule has 2 nitrogen and oxygen atoms in total. The monoisotopic (exact) mass is 219 g/mol. The van der Waals surface area contributed by atoms with Crippen LogP contribution in [0.25, 0.3) is 0 Å². The topological polar surface area (TPSA) is 35.2 Å². The normalized spacial score (nSPS) is 23.6. The maximum atomic E-state index is 6.54. The predicted octanol–water partition coefficient (Wildman–Crippen LogP) is 2.84. The third-order valence-corrected chi connectivity index (χ3v) is 3.47. The summed E-state index contributed by atoms with van der Waals surface area (Å²) in [6.45, 7) is 4.46. The zero-order valence-corrected chi connectivity index (χ0v) is 10.4. The number of ether oxygens (including phenoxy) is 1. The first kappa shape index (κ1) is 11.5. The Balaban J connectivity index is 2.36. The summed E-state index contributed by atoms with van der Waals surface area (Å²) in [5.74, 6) is 1.54. The molecule has 0 bridgehead atoms. The number of rotatable bonds is 3. The number of methoxy groups -OCH3 is 1. The van der Waals surface area contributed by atoms with Gasteiger partial charge in [-0.2, -0.15) is 0 Å². The van der Waals surface area contributed by atoms with Gasteiger partial charge in [0, 0.05) is 5.54 Å². The molecular weight excluding hydrogens is 198 g/mol. The molecule has 0 aliphatic heterocycles. The molecule has 1 unspecified atom stereocenters. The van der Waals surface area contributed by atoms with E-state index in [0.717, 1.165) is 25.0 Å². The SMILES string of the molecule is COc1ccc2c(c1)C(N)(CC(C)C)CC2. The molecule has 0 spiro atoms. The summed E-state index contributed by atoms with van der Waals surface area (Å²) in [6, 6.07) is 6.30. The largest absolute Gasteiger partial charge is 0.497 e. The minimum Gasteiger partial charge on any atom is -0.497 e. The Morgan fingerprint density at radius 2 is 2.19 bits per heavy atom. The van der Waals surface area contributed by atoms with Crippen LogP contribution in [0, 0.1) is 5.92 Å². The van der Waals surface area contributed by atoms with Crippen molar-refractivity contribution in [2.45, 2.75) is 38.6 Å². The maximum Gasteiger partial charge on any atom is 0.119 e. The molecule has 88 valence electrons. The van der Waals surface area contributed by atoms with E-state index in [1.165, 1.54) is 11.1 Å². The van der Waals surface area contributed by atoms with Gasteiger partial charge >= 0.3 is 0 Å². The maximum absolute atomic E-state index is 6.54. The lowest BCUT2D eigenvalue weighted by Crippen LogP contribution is -2.35. The van der Waals surface area contributed by atoms with Crippen molar-refractivity contribution in [3.8, 4) is 5.75 Å². The van der Waals surface area contributed by atoms with Crippen molar-refractivity contribution in [3.05, 3.63) is 29.3 Å². The van der Waals surface area contributed by atoms with Crippen LogP contribution >= 0.6 is 0 Å². The van der Waals surface area contributed by atoms with Crippen LogP contribution < -0.4 is 10.5 Å². The highest BCUT2D eigenvalue weighted by atomic mass is 16.5. The molecule has 2 N–H and O–H groups in total. The number of fused-ring (bicyclic) bond motifs is 1. The second kappa shape index (κ2) is 4.10. The summed E-state index contributed by atoms with van der Waals surface area (Å²) in [4.78, 5) is 0. The molecule has 2 heteroatoms. The second-order valence-electron chi connectivity index (χ2n) is 5.28. The van der Waals surface area contributed by atoms with E-state index in [9.17, 15) is 0 Å². The van der Waals surface area contributed by atoms with Gasteiger partial charge in [0.1, 0.15) is 5.75 Å². The van der Waals surface area contributed by atoms with Crippen molar-refractivity contribution in [3.63, 3.8) is 0 Å². The fraction of sp³-hybridized carbons (Fsp3) is 0.571. The zero-order chi connectivity index (χ0) is 11.8. The highest BCUT2D eigenvalue weighted by molar-refractivity contribution is 5.43. The van der Waals surface area contributed by atoms with Gasteiger partial charge in [0.15, 0.2) is 0 Å². The highest BCUT2D eigenvalue weighted by Gasteiger charge is 2.35. The summed E-state index contributed by atoms with van der Waals surface area (Å²) in [7, 11) is 1.71. The lowest BCUT2D eigenvalue weighted by atomic mass is 9.84. The van der Waals surface area contributed by atoms with Crippen molar-refractivity contribution in [1.82, 2.24) is 0 Å². The van der Waals surface area contributed by atoms with Crippen LogP contribution in [0.15, 0.2) is 18.2 Å². The molecule has 1 aliphatic rings. The summed E-state index contributed by atoms with van der Waals surface area (Å²) < 4.78 is 5.28. The van der Waals surface area contributed by atoms with E-state index < -0.39 is 0 Å². The molecule has 2 rings (SSSR count). The van der Waals surface area contributed by atoms with Crippen LogP contribution in [0.3, 0.4) is 0 Å². The Kier molecular flexibility index (Phi) is 2.94. The Morgan fingerprint density at radius 3 is 2.81 bits per heavy atom. The average molecular weight is 219 g/mol. The standard InChI is InChI=1S/C14H21NO/c1-10(2)9-14(15)7-6-11-4-5-12(16-3)8-13(11)14/h4-5,8,10H,6-7,9,15H2,1-3H3. The molecule has 1 aromatic carbocycles. The van der Waals surface area contributed by atoms with Crippen LogP contribution in [0.2, 0.25) is 0 Å². The first-order valence-electron chi connectivity index (χ1n) is 6.01. The van der Waals surface area contributed by atoms with Crippen molar-refractivity contribution >= 4 is 0 Å². The first-order chi connectivity index (χ1) is 7.55. The average Bonchev–Trinajstić information content (AvgIpc) is 2.55. The van der Waals surface area contributed by atoms with Crippen LogP contribution in [0.1, 0.15) is 37.8 Å². The number of benzene rings is 1. The van der Waals surface area contributed by atoms with Crippen LogP contribution in [-0.4, -0.2) is 7.11 Å². The van der Waals surface area contributed by atoms with E-state index in [-0.39, 0.29) is 5.54 Å². The zero-order valence-electron chi connectivity index (χ0n) is 10.4. The van der Waals surface area contributed by atoms with E-state index in [0.29, 0.717) is 5.92 Å². The van der Waals surface area contributed by atoms with Crippen molar-refractivity contribution < 1.29 is 4.74 Å². The van der Waals surface area contributed by atoms with E-state index in [2.05, 4.69) is 26.0 Å². The van der Waals surface area contributed by atoms with Crippen molar-refractivity contribution in [2.75, 3.05) is 7.11 Å². The molecule has 0 radical (unpaired) electrons. The Bertz CT molecular complexity index is 386. The van der Waals surface area contributed by atoms with Crippen LogP contribution in [0.5, 0.6) is 5.75 Å². The van der Waals surface area contributed by atoms with Gasteiger partial charge in [-0.3, -0.25) is 0 Å². The fourth-order valence-electron chi connectivity index (χ4n) is 2.80. The van der Waals surface area contributed by atoms with E-state index in [1.54, 1.807) is 7.11 Å². The number of aryl methyl sites for hydroxylation is 1. The molecule has 1 aliphatic carbocycles. The van der Waals surface area contributed by atoms with Crippen molar-refractivity contribution in [1.29, 1.82) is 0 Å². The third-order valence-electron chi connectivity index (χ3n) is 3.47. The van der Waals surface area contributed by atoms with Gasteiger partial charge in [-0.05, 0) is 48.4 Å². The second-order valence-corrected chi connectivity index (χ2v) is 5.28. The molecule has 1 atom stereocenters. The summed E-state index contributed by atoms with van der Waals surface area (Å²) >= 11 is 0. The number of nitrogens with two attached hydrogens (primary N) is 1. The van der Waals surface area contributed by atoms with Crippen LogP contribution in [0.4, 0.5) is 0 Å². The molecule has 0 saturated carbocycles. The van der Waals surface area contributed by atoms with Gasteiger partial charge < -0.3 is 10.5 Å². The van der Waals surface area contributed by atoms with E-state index in [4.69, 9.17) is 10.5 Å². The Hall–Kier alpha value is -1.02. The molecule has 16 heavy (non-hydrogen) atoms. The molecular formula is C14H21NO. The number of hydrogen-bond acceptors (Lipinski definition) is 2. The smallest absolute Gasteiger partial charge is 0.119 e. The minimum atomic E-state index is -0.141. The molecule has 0 aromatic heterocycles. The Labute approximate surface area is 97.8 Å². The van der Waals surface area contributed by atoms with Crippen molar-refractivity contribution in [2.24, 2.45) is 11.7 Å². The summed E-state index contributed by atoms with van der Waals surface area (Å²) in [5.41, 5.74) is 9.08. The van der Waals surface area contributed by atoms with Gasteiger partial charge in [0.25, 0.3) is 0 Å². The summed E-state index contributed by atoms with van der Waals surface area (Å²) in [5, 5.41) is 0. The van der Waals surface area contributed by atoms with Gasteiger partial charge in [0.05, 0.1) is 7.11 Å². The lowest BCUT2D eigenvalue weighted by Gasteiger charge is -2.27. The van der Waals surface area contributed by atoms with Crippen LogP contribution in [-0.2, 0) is 12.0 Å². The molecule has 0 heterocycles.